The van der Waals surface area contributed by atoms with Gasteiger partial charge in [0, 0.05) is 11.0 Å². The summed E-state index contributed by atoms with van der Waals surface area (Å²) in [6, 6.07) is 4.25. The molecule has 0 spiro atoms. The van der Waals surface area contributed by atoms with Crippen LogP contribution >= 0.6 is 15.9 Å². The molecule has 0 radical (unpaired) electrons. The maximum absolute atomic E-state index is 13.6. The third-order valence-corrected chi connectivity index (χ3v) is 3.15. The van der Waals surface area contributed by atoms with Crippen LogP contribution in [-0.4, -0.2) is 23.2 Å². The fourth-order valence-electron chi connectivity index (χ4n) is 1.99. The normalized spacial score (nSPS) is 14.3. The first-order valence-corrected chi connectivity index (χ1v) is 6.96. The summed E-state index contributed by atoms with van der Waals surface area (Å²) < 4.78 is 14.2. The van der Waals surface area contributed by atoms with Crippen molar-refractivity contribution in [3.05, 3.63) is 34.1 Å². The van der Waals surface area contributed by atoms with E-state index in [1.165, 1.54) is 12.1 Å². The van der Waals surface area contributed by atoms with Gasteiger partial charge in [-0.2, -0.15) is 0 Å². The molecule has 1 rings (SSSR count). The fourth-order valence-corrected chi connectivity index (χ4v) is 2.32. The molecule has 1 aromatic carbocycles. The van der Waals surface area contributed by atoms with E-state index in [0.29, 0.717) is 16.8 Å². The Bertz CT molecular complexity index is 461. The van der Waals surface area contributed by atoms with Gasteiger partial charge in [-0.15, -0.1) is 0 Å². The molecular formula is C14H19BrFNO2. The SMILES string of the molecule is CC(C)CC(C)(O)CNC(=O)c1ccc(Br)cc1F. The van der Waals surface area contributed by atoms with Gasteiger partial charge in [-0.1, -0.05) is 29.8 Å². The third kappa shape index (κ3) is 5.28. The average Bonchev–Trinajstić information content (AvgIpc) is 2.24. The number of hydrogen-bond donors (Lipinski definition) is 2. The summed E-state index contributed by atoms with van der Waals surface area (Å²) in [6.45, 7) is 5.74. The third-order valence-electron chi connectivity index (χ3n) is 2.65. The Morgan fingerprint density at radius 2 is 2.16 bits per heavy atom. The lowest BCUT2D eigenvalue weighted by molar-refractivity contribution is 0.0367. The van der Waals surface area contributed by atoms with Crippen molar-refractivity contribution in [1.29, 1.82) is 0 Å². The van der Waals surface area contributed by atoms with E-state index in [1.807, 2.05) is 13.8 Å². The van der Waals surface area contributed by atoms with E-state index in [4.69, 9.17) is 0 Å². The number of carbonyl (C=O) groups is 1. The Labute approximate surface area is 121 Å². The molecule has 19 heavy (non-hydrogen) atoms. The van der Waals surface area contributed by atoms with Gasteiger partial charge < -0.3 is 10.4 Å². The smallest absolute Gasteiger partial charge is 0.254 e. The molecule has 1 unspecified atom stereocenters. The minimum absolute atomic E-state index is 0.0245. The lowest BCUT2D eigenvalue weighted by Gasteiger charge is -2.25. The van der Waals surface area contributed by atoms with E-state index in [1.54, 1.807) is 13.0 Å². The van der Waals surface area contributed by atoms with E-state index in [0.717, 1.165) is 0 Å². The molecule has 2 N–H and O–H groups in total. The number of halogens is 2. The summed E-state index contributed by atoms with van der Waals surface area (Å²) in [5, 5.41) is 12.6. The molecule has 0 aromatic heterocycles. The summed E-state index contributed by atoms with van der Waals surface area (Å²) >= 11 is 3.13. The molecule has 0 heterocycles. The molecule has 1 aromatic rings. The van der Waals surface area contributed by atoms with Gasteiger partial charge in [-0.3, -0.25) is 4.79 Å². The topological polar surface area (TPSA) is 49.3 Å². The second kappa shape index (κ2) is 6.48. The van der Waals surface area contributed by atoms with Crippen molar-refractivity contribution in [1.82, 2.24) is 5.32 Å². The second-order valence-electron chi connectivity index (χ2n) is 5.40. The first-order valence-electron chi connectivity index (χ1n) is 6.17. The summed E-state index contributed by atoms with van der Waals surface area (Å²) in [6.07, 6.45) is 0.566. The van der Waals surface area contributed by atoms with Crippen LogP contribution < -0.4 is 5.32 Å². The van der Waals surface area contributed by atoms with Crippen molar-refractivity contribution in [3.63, 3.8) is 0 Å². The number of nitrogens with one attached hydrogen (secondary N) is 1. The summed E-state index contributed by atoms with van der Waals surface area (Å²) in [5.74, 6) is -0.791. The standard InChI is InChI=1S/C14H19BrFNO2/c1-9(2)7-14(3,19)8-17-13(18)11-5-4-10(15)6-12(11)16/h4-6,9,19H,7-8H2,1-3H3,(H,17,18). The first kappa shape index (κ1) is 16.1. The van der Waals surface area contributed by atoms with Crippen LogP contribution in [0.25, 0.3) is 0 Å². The Hall–Kier alpha value is -0.940. The number of rotatable bonds is 5. The average molecular weight is 332 g/mol. The van der Waals surface area contributed by atoms with Crippen molar-refractivity contribution in [3.8, 4) is 0 Å². The highest BCUT2D eigenvalue weighted by Crippen LogP contribution is 2.17. The second-order valence-corrected chi connectivity index (χ2v) is 6.32. The van der Waals surface area contributed by atoms with Gasteiger partial charge in [0.15, 0.2) is 0 Å². The predicted molar refractivity (Wildman–Crippen MR) is 76.5 cm³/mol. The Morgan fingerprint density at radius 3 is 2.68 bits per heavy atom. The quantitative estimate of drug-likeness (QED) is 0.870. The molecule has 5 heteroatoms. The van der Waals surface area contributed by atoms with Crippen LogP contribution in [0.15, 0.2) is 22.7 Å². The molecule has 1 atom stereocenters. The van der Waals surface area contributed by atoms with Crippen LogP contribution in [0.1, 0.15) is 37.6 Å². The minimum Gasteiger partial charge on any atom is -0.388 e. The summed E-state index contributed by atoms with van der Waals surface area (Å²) in [5.41, 5.74) is -1.01. The van der Waals surface area contributed by atoms with E-state index < -0.39 is 17.3 Å². The van der Waals surface area contributed by atoms with Crippen LogP contribution in [0.4, 0.5) is 4.39 Å². The molecule has 0 saturated heterocycles. The maximum Gasteiger partial charge on any atom is 0.254 e. The highest BCUT2D eigenvalue weighted by Gasteiger charge is 2.23. The molecular weight excluding hydrogens is 313 g/mol. The Balaban J connectivity index is 2.65. The van der Waals surface area contributed by atoms with Crippen LogP contribution in [-0.2, 0) is 0 Å². The summed E-state index contributed by atoms with van der Waals surface area (Å²) in [4.78, 5) is 11.8. The van der Waals surface area contributed by atoms with Gasteiger partial charge in [0.25, 0.3) is 5.91 Å². The monoisotopic (exact) mass is 331 g/mol. The molecule has 0 bridgehead atoms. The summed E-state index contributed by atoms with van der Waals surface area (Å²) in [7, 11) is 0. The number of benzene rings is 1. The van der Waals surface area contributed by atoms with Gasteiger partial charge >= 0.3 is 0 Å². The first-order chi connectivity index (χ1) is 8.71. The van der Waals surface area contributed by atoms with Crippen molar-refractivity contribution < 1.29 is 14.3 Å². The van der Waals surface area contributed by atoms with E-state index >= 15 is 0 Å². The van der Waals surface area contributed by atoms with E-state index in [2.05, 4.69) is 21.2 Å². The molecule has 0 fully saturated rings. The molecule has 3 nitrogen and oxygen atoms in total. The highest BCUT2D eigenvalue weighted by atomic mass is 79.9. The number of aliphatic hydroxyl groups is 1. The highest BCUT2D eigenvalue weighted by molar-refractivity contribution is 9.10. The molecule has 0 aliphatic rings. The van der Waals surface area contributed by atoms with Crippen LogP contribution in [0.5, 0.6) is 0 Å². The molecule has 106 valence electrons. The van der Waals surface area contributed by atoms with Crippen molar-refractivity contribution in [2.24, 2.45) is 5.92 Å². The molecule has 1 amide bonds. The minimum atomic E-state index is -0.990. The van der Waals surface area contributed by atoms with Crippen LogP contribution in [0.2, 0.25) is 0 Å². The largest absolute Gasteiger partial charge is 0.388 e. The Morgan fingerprint density at radius 1 is 1.53 bits per heavy atom. The predicted octanol–water partition coefficient (Wildman–Crippen LogP) is 3.12. The zero-order chi connectivity index (χ0) is 14.6. The van der Waals surface area contributed by atoms with Gasteiger partial charge in [-0.05, 0) is 37.5 Å². The molecule has 0 aliphatic carbocycles. The zero-order valence-electron chi connectivity index (χ0n) is 11.3. The van der Waals surface area contributed by atoms with Crippen molar-refractivity contribution in [2.45, 2.75) is 32.8 Å². The van der Waals surface area contributed by atoms with Crippen molar-refractivity contribution >= 4 is 21.8 Å². The number of hydrogen-bond acceptors (Lipinski definition) is 2. The van der Waals surface area contributed by atoms with Gasteiger partial charge in [0.05, 0.1) is 11.2 Å². The molecule has 0 saturated carbocycles. The van der Waals surface area contributed by atoms with Gasteiger partial charge in [-0.25, -0.2) is 4.39 Å². The van der Waals surface area contributed by atoms with E-state index in [9.17, 15) is 14.3 Å². The Kier molecular flexibility index (Phi) is 5.50. The number of amides is 1. The zero-order valence-corrected chi connectivity index (χ0v) is 12.9. The lowest BCUT2D eigenvalue weighted by Crippen LogP contribution is -2.41. The van der Waals surface area contributed by atoms with E-state index in [-0.39, 0.29) is 12.1 Å². The van der Waals surface area contributed by atoms with Gasteiger partial charge in [0.1, 0.15) is 5.82 Å². The van der Waals surface area contributed by atoms with Crippen molar-refractivity contribution in [2.75, 3.05) is 6.54 Å². The number of carbonyl (C=O) groups excluding carboxylic acids is 1. The van der Waals surface area contributed by atoms with Gasteiger partial charge in [0.2, 0.25) is 0 Å². The molecule has 0 aliphatic heterocycles. The van der Waals surface area contributed by atoms with Crippen LogP contribution in [0.3, 0.4) is 0 Å². The fraction of sp³-hybridized carbons (Fsp3) is 0.500. The maximum atomic E-state index is 13.6. The van der Waals surface area contributed by atoms with Crippen LogP contribution in [0, 0.1) is 11.7 Å². The lowest BCUT2D eigenvalue weighted by atomic mass is 9.94.